The van der Waals surface area contributed by atoms with Gasteiger partial charge in [-0.15, -0.1) is 0 Å². The summed E-state index contributed by atoms with van der Waals surface area (Å²) in [4.78, 5) is 44.8. The highest BCUT2D eigenvalue weighted by molar-refractivity contribution is 7.80. The van der Waals surface area contributed by atoms with Gasteiger partial charge in [0.2, 0.25) is 17.7 Å². The summed E-state index contributed by atoms with van der Waals surface area (Å²) in [6.45, 7) is 7.56. The molecule has 5 atom stereocenters. The van der Waals surface area contributed by atoms with Gasteiger partial charge in [-0.2, -0.15) is 13.2 Å². The lowest BCUT2D eigenvalue weighted by Gasteiger charge is -2.40. The summed E-state index contributed by atoms with van der Waals surface area (Å²) in [5.74, 6) is -1.19. The highest BCUT2D eigenvalue weighted by atomic mass is 32.1. The number of aromatic nitrogens is 1. The van der Waals surface area contributed by atoms with Crippen LogP contribution in [0.2, 0.25) is 0 Å². The number of nitrogens with one attached hydrogen (secondary N) is 4. The quantitative estimate of drug-likeness (QED) is 0.141. The first-order valence-corrected chi connectivity index (χ1v) is 17.1. The third-order valence-electron chi connectivity index (χ3n) is 9.81. The van der Waals surface area contributed by atoms with Crippen molar-refractivity contribution in [1.82, 2.24) is 20.9 Å². The fourth-order valence-corrected chi connectivity index (χ4v) is 6.71. The van der Waals surface area contributed by atoms with E-state index >= 15 is 0 Å². The van der Waals surface area contributed by atoms with Gasteiger partial charge in [0.05, 0.1) is 29.2 Å². The number of hydrogen-bond acceptors (Lipinski definition) is 5. The minimum atomic E-state index is -4.59. The number of para-hydroxylation sites is 1. The van der Waals surface area contributed by atoms with Gasteiger partial charge in [0, 0.05) is 23.9 Å². The molecule has 4 rings (SSSR count). The molecule has 3 aromatic rings. The van der Waals surface area contributed by atoms with Crippen LogP contribution >= 0.6 is 12.2 Å². The van der Waals surface area contributed by atoms with E-state index < -0.39 is 41.2 Å². The molecule has 1 aliphatic carbocycles. The number of H-pyrrole nitrogens is 1. The second-order valence-corrected chi connectivity index (χ2v) is 13.5. The van der Waals surface area contributed by atoms with Gasteiger partial charge in [0.25, 0.3) is 0 Å². The molecule has 0 radical (unpaired) electrons. The van der Waals surface area contributed by atoms with Gasteiger partial charge in [0.15, 0.2) is 0 Å². The first-order chi connectivity index (χ1) is 23.1. The SMILES string of the molecule is CCC(C)[C@H](NC(=O)CCc1cccc(OC)c1)C(=O)N[C@]1(C(=O)N[C@H](C(N)=S)C(C)CC)CCc2[nH]c3c(C(F)(F)F)cccc3c2C1. The van der Waals surface area contributed by atoms with Crippen molar-refractivity contribution in [3.63, 3.8) is 0 Å². The first kappa shape index (κ1) is 37.7. The minimum absolute atomic E-state index is 0.0658. The van der Waals surface area contributed by atoms with Crippen LogP contribution in [0.25, 0.3) is 10.9 Å². The van der Waals surface area contributed by atoms with E-state index in [0.717, 1.165) is 11.6 Å². The molecule has 266 valence electrons. The maximum absolute atomic E-state index is 14.4. The van der Waals surface area contributed by atoms with Gasteiger partial charge in [-0.3, -0.25) is 14.4 Å². The number of rotatable bonds is 14. The summed E-state index contributed by atoms with van der Waals surface area (Å²) in [5, 5.41) is 9.14. The zero-order valence-electron chi connectivity index (χ0n) is 28.6. The number of nitrogens with two attached hydrogens (primary N) is 1. The summed E-state index contributed by atoms with van der Waals surface area (Å²) in [6, 6.07) is 9.65. The Kier molecular flexibility index (Phi) is 12.0. The smallest absolute Gasteiger partial charge is 0.418 e. The number of hydrogen-bond donors (Lipinski definition) is 5. The topological polar surface area (TPSA) is 138 Å². The van der Waals surface area contributed by atoms with Gasteiger partial charge < -0.3 is 31.4 Å². The Balaban J connectivity index is 1.67. The van der Waals surface area contributed by atoms with E-state index in [4.69, 9.17) is 22.7 Å². The van der Waals surface area contributed by atoms with E-state index in [9.17, 15) is 27.6 Å². The number of thiocarbonyl (C=S) groups is 1. The molecule has 3 amide bonds. The lowest BCUT2D eigenvalue weighted by atomic mass is 9.78. The summed E-state index contributed by atoms with van der Waals surface area (Å²) in [7, 11) is 1.56. The van der Waals surface area contributed by atoms with Gasteiger partial charge in [-0.1, -0.05) is 77.0 Å². The van der Waals surface area contributed by atoms with Crippen LogP contribution in [0.15, 0.2) is 42.5 Å². The number of ether oxygens (including phenoxy) is 1. The molecule has 1 heterocycles. The number of amides is 3. The van der Waals surface area contributed by atoms with Crippen LogP contribution in [0.1, 0.15) is 75.8 Å². The largest absolute Gasteiger partial charge is 0.497 e. The van der Waals surface area contributed by atoms with E-state index in [1.807, 2.05) is 52.0 Å². The Hall–Kier alpha value is -4.13. The number of fused-ring (bicyclic) bond motifs is 3. The molecule has 49 heavy (non-hydrogen) atoms. The molecular weight excluding hydrogens is 655 g/mol. The predicted molar refractivity (Wildman–Crippen MR) is 187 cm³/mol. The Morgan fingerprint density at radius 3 is 2.35 bits per heavy atom. The van der Waals surface area contributed by atoms with E-state index in [0.29, 0.717) is 41.7 Å². The van der Waals surface area contributed by atoms with Crippen LogP contribution in [-0.4, -0.2) is 52.4 Å². The second-order valence-electron chi connectivity index (χ2n) is 13.1. The molecule has 0 fully saturated rings. The molecule has 13 heteroatoms. The molecule has 0 bridgehead atoms. The number of halogens is 3. The van der Waals surface area contributed by atoms with Crippen molar-refractivity contribution in [2.24, 2.45) is 17.6 Å². The molecule has 9 nitrogen and oxygen atoms in total. The number of aryl methyl sites for hydroxylation is 2. The molecule has 1 aromatic heterocycles. The Bertz CT molecular complexity index is 1690. The summed E-state index contributed by atoms with van der Waals surface area (Å²) in [6.07, 6.45) is -2.64. The number of alkyl halides is 3. The third-order valence-corrected chi connectivity index (χ3v) is 10.1. The molecular formula is C36H46F3N5O4S. The van der Waals surface area contributed by atoms with Gasteiger partial charge in [-0.05, 0) is 60.4 Å². The van der Waals surface area contributed by atoms with Crippen molar-refractivity contribution >= 4 is 45.8 Å². The zero-order valence-corrected chi connectivity index (χ0v) is 29.4. The maximum Gasteiger partial charge on any atom is 0.418 e. The standard InChI is InChI=1S/C36H46F3N5O4S/c1-6-20(3)29(32(40)49)43-34(47)35(17-16-27-25(19-35)24-12-9-13-26(31(24)41-27)36(37,38)39)44-33(46)30(21(4)7-2)42-28(45)15-14-22-10-8-11-23(18-22)48-5/h8-13,18,20-21,29-30,41H,6-7,14-17,19H2,1-5H3,(H2,40,49)(H,42,45)(H,43,47)(H,44,46)/t20?,21?,29-,30-,35+/m0/s1. The van der Waals surface area contributed by atoms with E-state index in [1.54, 1.807) is 13.2 Å². The number of aromatic amines is 1. The Morgan fingerprint density at radius 1 is 1.04 bits per heavy atom. The molecule has 6 N–H and O–H groups in total. The van der Waals surface area contributed by atoms with Gasteiger partial charge in [-0.25, -0.2) is 0 Å². The lowest BCUT2D eigenvalue weighted by molar-refractivity contribution is -0.137. The molecule has 2 aromatic carbocycles. The average Bonchev–Trinajstić information content (AvgIpc) is 3.44. The number of methoxy groups -OCH3 is 1. The number of carbonyl (C=O) groups is 3. The van der Waals surface area contributed by atoms with Crippen LogP contribution in [0.4, 0.5) is 13.2 Å². The Labute approximate surface area is 290 Å². The maximum atomic E-state index is 14.4. The van der Waals surface area contributed by atoms with Crippen LogP contribution in [-0.2, 0) is 39.8 Å². The van der Waals surface area contributed by atoms with Crippen LogP contribution in [0, 0.1) is 11.8 Å². The third kappa shape index (κ3) is 8.55. The summed E-state index contributed by atoms with van der Waals surface area (Å²) >= 11 is 5.29. The van der Waals surface area contributed by atoms with Crippen molar-refractivity contribution in [3.8, 4) is 5.75 Å². The highest BCUT2D eigenvalue weighted by Crippen LogP contribution is 2.40. The fraction of sp³-hybridized carbons (Fsp3) is 0.500. The van der Waals surface area contributed by atoms with Crippen LogP contribution in [0.3, 0.4) is 0 Å². The lowest BCUT2D eigenvalue weighted by Crippen LogP contribution is -2.67. The Morgan fingerprint density at radius 2 is 1.71 bits per heavy atom. The van der Waals surface area contributed by atoms with Crippen molar-refractivity contribution < 1.29 is 32.3 Å². The molecule has 2 unspecified atom stereocenters. The summed E-state index contributed by atoms with van der Waals surface area (Å²) in [5.41, 5.74) is 5.58. The minimum Gasteiger partial charge on any atom is -0.497 e. The monoisotopic (exact) mass is 701 g/mol. The predicted octanol–water partition coefficient (Wildman–Crippen LogP) is 5.52. The van der Waals surface area contributed by atoms with Crippen LogP contribution in [0.5, 0.6) is 5.75 Å². The highest BCUT2D eigenvalue weighted by Gasteiger charge is 2.47. The van der Waals surface area contributed by atoms with Gasteiger partial charge >= 0.3 is 6.18 Å². The van der Waals surface area contributed by atoms with Crippen LogP contribution < -0.4 is 26.4 Å². The van der Waals surface area contributed by atoms with E-state index in [-0.39, 0.29) is 53.9 Å². The first-order valence-electron chi connectivity index (χ1n) is 16.7. The van der Waals surface area contributed by atoms with Crippen molar-refractivity contribution in [3.05, 3.63) is 64.8 Å². The van der Waals surface area contributed by atoms with E-state index in [2.05, 4.69) is 20.9 Å². The molecule has 0 spiro atoms. The van der Waals surface area contributed by atoms with Crippen molar-refractivity contribution in [1.29, 1.82) is 0 Å². The molecule has 0 aliphatic heterocycles. The van der Waals surface area contributed by atoms with E-state index in [1.165, 1.54) is 6.07 Å². The zero-order chi connectivity index (χ0) is 36.1. The average molecular weight is 702 g/mol. The van der Waals surface area contributed by atoms with Gasteiger partial charge in [0.1, 0.15) is 17.3 Å². The molecule has 1 aliphatic rings. The number of benzene rings is 2. The second kappa shape index (κ2) is 15.6. The molecule has 0 saturated carbocycles. The molecule has 0 saturated heterocycles. The fourth-order valence-electron chi connectivity index (χ4n) is 6.42. The summed E-state index contributed by atoms with van der Waals surface area (Å²) < 4.78 is 47.1. The number of carbonyl (C=O) groups excluding carboxylic acids is 3. The van der Waals surface area contributed by atoms with Crippen molar-refractivity contribution in [2.45, 2.75) is 96.4 Å². The normalized spacial score (nSPS) is 18.4. The van der Waals surface area contributed by atoms with Crippen molar-refractivity contribution in [2.75, 3.05) is 7.11 Å².